The van der Waals surface area contributed by atoms with Crippen molar-refractivity contribution < 1.29 is 18.7 Å². The third-order valence-electron chi connectivity index (χ3n) is 2.40. The summed E-state index contributed by atoms with van der Waals surface area (Å²) in [5.41, 5.74) is 6.04. The summed E-state index contributed by atoms with van der Waals surface area (Å²) >= 11 is 0. The number of benzene rings is 1. The molecule has 0 amide bonds. The van der Waals surface area contributed by atoms with Gasteiger partial charge in [0.2, 0.25) is 5.88 Å². The number of aromatic nitrogens is 1. The minimum Gasteiger partial charge on any atom is -0.462 e. The molecule has 0 atom stereocenters. The Morgan fingerprint density at radius 2 is 2.05 bits per heavy atom. The molecule has 0 radical (unpaired) electrons. The predicted molar refractivity (Wildman–Crippen MR) is 71.1 cm³/mol. The monoisotopic (exact) mass is 276 g/mol. The van der Waals surface area contributed by atoms with Crippen molar-refractivity contribution in [3.05, 3.63) is 47.9 Å². The summed E-state index contributed by atoms with van der Waals surface area (Å²) in [7, 11) is 0. The number of carbonyl (C=O) groups is 1. The van der Waals surface area contributed by atoms with Gasteiger partial charge < -0.3 is 15.2 Å². The molecule has 0 bridgehead atoms. The SMILES string of the molecule is CCOC(=O)c1cc(N)cnc1Oc1ccc(F)cc1. The smallest absolute Gasteiger partial charge is 0.343 e. The van der Waals surface area contributed by atoms with Crippen molar-refractivity contribution in [1.29, 1.82) is 0 Å². The van der Waals surface area contributed by atoms with Crippen LogP contribution < -0.4 is 10.5 Å². The molecule has 0 aliphatic carbocycles. The van der Waals surface area contributed by atoms with Gasteiger partial charge in [0.1, 0.15) is 17.1 Å². The lowest BCUT2D eigenvalue weighted by atomic mass is 10.2. The van der Waals surface area contributed by atoms with Crippen molar-refractivity contribution in [2.75, 3.05) is 12.3 Å². The average molecular weight is 276 g/mol. The lowest BCUT2D eigenvalue weighted by Gasteiger charge is -2.10. The molecule has 2 N–H and O–H groups in total. The van der Waals surface area contributed by atoms with Gasteiger partial charge in [0, 0.05) is 0 Å². The van der Waals surface area contributed by atoms with Crippen molar-refractivity contribution in [3.8, 4) is 11.6 Å². The van der Waals surface area contributed by atoms with Gasteiger partial charge in [0.05, 0.1) is 18.5 Å². The molecular weight excluding hydrogens is 263 g/mol. The molecule has 0 aliphatic rings. The predicted octanol–water partition coefficient (Wildman–Crippen LogP) is 2.77. The van der Waals surface area contributed by atoms with E-state index in [1.165, 1.54) is 36.5 Å². The molecule has 1 aromatic heterocycles. The molecule has 5 nitrogen and oxygen atoms in total. The molecule has 0 saturated heterocycles. The lowest BCUT2D eigenvalue weighted by Crippen LogP contribution is -2.08. The number of carbonyl (C=O) groups excluding carboxylic acids is 1. The normalized spacial score (nSPS) is 10.1. The van der Waals surface area contributed by atoms with Gasteiger partial charge in [-0.05, 0) is 37.3 Å². The van der Waals surface area contributed by atoms with E-state index in [1.54, 1.807) is 6.92 Å². The summed E-state index contributed by atoms with van der Waals surface area (Å²) in [6, 6.07) is 6.78. The molecule has 0 unspecified atom stereocenters. The summed E-state index contributed by atoms with van der Waals surface area (Å²) in [5, 5.41) is 0. The van der Waals surface area contributed by atoms with Crippen LogP contribution in [0.2, 0.25) is 0 Å². The first-order valence-corrected chi connectivity index (χ1v) is 5.96. The summed E-state index contributed by atoms with van der Waals surface area (Å²) in [6.45, 7) is 1.92. The first-order chi connectivity index (χ1) is 9.60. The van der Waals surface area contributed by atoms with Crippen molar-refractivity contribution in [3.63, 3.8) is 0 Å². The number of nitrogen functional groups attached to an aromatic ring is 1. The van der Waals surface area contributed by atoms with Gasteiger partial charge >= 0.3 is 5.97 Å². The van der Waals surface area contributed by atoms with E-state index in [1.807, 2.05) is 0 Å². The fourth-order valence-corrected chi connectivity index (χ4v) is 1.52. The first-order valence-electron chi connectivity index (χ1n) is 5.96. The van der Waals surface area contributed by atoms with Gasteiger partial charge in [-0.1, -0.05) is 0 Å². The van der Waals surface area contributed by atoms with Gasteiger partial charge in [-0.25, -0.2) is 14.2 Å². The van der Waals surface area contributed by atoms with Crippen LogP contribution in [-0.4, -0.2) is 17.6 Å². The highest BCUT2D eigenvalue weighted by molar-refractivity contribution is 5.92. The van der Waals surface area contributed by atoms with Gasteiger partial charge in [-0.15, -0.1) is 0 Å². The Morgan fingerprint density at radius 1 is 1.35 bits per heavy atom. The number of hydrogen-bond donors (Lipinski definition) is 1. The highest BCUT2D eigenvalue weighted by atomic mass is 19.1. The molecule has 1 aromatic carbocycles. The molecule has 20 heavy (non-hydrogen) atoms. The number of rotatable bonds is 4. The number of anilines is 1. The Morgan fingerprint density at radius 3 is 2.70 bits per heavy atom. The zero-order valence-electron chi connectivity index (χ0n) is 10.8. The van der Waals surface area contributed by atoms with Crippen molar-refractivity contribution in [2.24, 2.45) is 0 Å². The van der Waals surface area contributed by atoms with Crippen molar-refractivity contribution >= 4 is 11.7 Å². The third kappa shape index (κ3) is 3.23. The van der Waals surface area contributed by atoms with Crippen LogP contribution in [0.3, 0.4) is 0 Å². The fourth-order valence-electron chi connectivity index (χ4n) is 1.52. The average Bonchev–Trinajstić information content (AvgIpc) is 2.43. The fraction of sp³-hybridized carbons (Fsp3) is 0.143. The largest absolute Gasteiger partial charge is 0.462 e. The maximum absolute atomic E-state index is 12.8. The van der Waals surface area contributed by atoms with Crippen LogP contribution in [0.4, 0.5) is 10.1 Å². The number of pyridine rings is 1. The van der Waals surface area contributed by atoms with Gasteiger partial charge in [-0.3, -0.25) is 0 Å². The first kappa shape index (κ1) is 13.8. The van der Waals surface area contributed by atoms with E-state index < -0.39 is 5.97 Å². The van der Waals surface area contributed by atoms with Crippen molar-refractivity contribution in [1.82, 2.24) is 4.98 Å². The molecule has 104 valence electrons. The molecule has 2 rings (SSSR count). The number of esters is 1. The third-order valence-corrected chi connectivity index (χ3v) is 2.40. The Bertz CT molecular complexity index is 614. The molecular formula is C14H13FN2O3. The Labute approximate surface area is 115 Å². The van der Waals surface area contributed by atoms with Crippen LogP contribution in [0.1, 0.15) is 17.3 Å². The standard InChI is InChI=1S/C14H13FN2O3/c1-2-19-14(18)12-7-10(16)8-17-13(12)20-11-5-3-9(15)4-6-11/h3-8H,2,16H2,1H3. The van der Waals surface area contributed by atoms with E-state index in [0.29, 0.717) is 11.4 Å². The minimum absolute atomic E-state index is 0.0595. The summed E-state index contributed by atoms with van der Waals surface area (Å²) in [6.07, 6.45) is 1.36. The molecule has 6 heteroatoms. The molecule has 0 spiro atoms. The maximum atomic E-state index is 12.8. The topological polar surface area (TPSA) is 74.4 Å². The Hall–Kier alpha value is -2.63. The van der Waals surface area contributed by atoms with Crippen LogP contribution in [0.15, 0.2) is 36.5 Å². The summed E-state index contributed by atoms with van der Waals surface area (Å²) < 4.78 is 23.2. The maximum Gasteiger partial charge on any atom is 0.343 e. The van der Waals surface area contributed by atoms with E-state index >= 15 is 0 Å². The quantitative estimate of drug-likeness (QED) is 0.869. The minimum atomic E-state index is -0.579. The van der Waals surface area contributed by atoms with E-state index in [2.05, 4.69) is 4.98 Å². The van der Waals surface area contributed by atoms with Crippen LogP contribution in [0, 0.1) is 5.82 Å². The zero-order valence-corrected chi connectivity index (χ0v) is 10.8. The lowest BCUT2D eigenvalue weighted by molar-refractivity contribution is 0.0523. The van der Waals surface area contributed by atoms with Crippen LogP contribution >= 0.6 is 0 Å². The van der Waals surface area contributed by atoms with E-state index in [-0.39, 0.29) is 23.9 Å². The molecule has 2 aromatic rings. The Balaban J connectivity index is 2.31. The second-order valence-electron chi connectivity index (χ2n) is 3.90. The van der Waals surface area contributed by atoms with Crippen molar-refractivity contribution in [2.45, 2.75) is 6.92 Å². The van der Waals surface area contributed by atoms with Gasteiger partial charge in [0.25, 0.3) is 0 Å². The number of nitrogens with two attached hydrogens (primary N) is 1. The van der Waals surface area contributed by atoms with Crippen LogP contribution in [0.25, 0.3) is 0 Å². The molecule has 0 saturated carbocycles. The highest BCUT2D eigenvalue weighted by Crippen LogP contribution is 2.25. The van der Waals surface area contributed by atoms with E-state index in [4.69, 9.17) is 15.2 Å². The second-order valence-corrected chi connectivity index (χ2v) is 3.90. The van der Waals surface area contributed by atoms with E-state index in [9.17, 15) is 9.18 Å². The van der Waals surface area contributed by atoms with Gasteiger partial charge in [0.15, 0.2) is 0 Å². The molecule has 1 heterocycles. The number of nitrogens with zero attached hydrogens (tertiary/aromatic N) is 1. The number of hydrogen-bond acceptors (Lipinski definition) is 5. The van der Waals surface area contributed by atoms with Gasteiger partial charge in [-0.2, -0.15) is 0 Å². The van der Waals surface area contributed by atoms with Crippen LogP contribution in [-0.2, 0) is 4.74 Å². The van der Waals surface area contributed by atoms with E-state index in [0.717, 1.165) is 0 Å². The number of ether oxygens (including phenoxy) is 2. The highest BCUT2D eigenvalue weighted by Gasteiger charge is 2.16. The molecule has 0 aliphatic heterocycles. The number of halogens is 1. The second kappa shape index (κ2) is 6.01. The Kier molecular flexibility index (Phi) is 4.14. The summed E-state index contributed by atoms with van der Waals surface area (Å²) in [5.74, 6) is -0.545. The molecule has 0 fully saturated rings. The zero-order chi connectivity index (χ0) is 14.5. The summed E-state index contributed by atoms with van der Waals surface area (Å²) in [4.78, 5) is 15.8. The van der Waals surface area contributed by atoms with Crippen LogP contribution in [0.5, 0.6) is 11.6 Å².